The third-order valence-electron chi connectivity index (χ3n) is 4.10. The molecule has 1 atom stereocenters. The number of nitrogens with zero attached hydrogens (tertiary/aromatic N) is 4. The number of anilines is 3. The van der Waals surface area contributed by atoms with Gasteiger partial charge in [-0.1, -0.05) is 17.7 Å². The molecule has 0 bridgehead atoms. The number of aromatic nitrogens is 3. The number of β-amino-alcohol motifs (C(OH)–C–C–N with tert-alkyl or cyclic N) is 1. The Labute approximate surface area is 136 Å². The normalized spacial score (nSPS) is 17.6. The van der Waals surface area contributed by atoms with Crippen LogP contribution in [-0.2, 0) is 0 Å². The van der Waals surface area contributed by atoms with Gasteiger partial charge in [0, 0.05) is 18.8 Å². The molecule has 122 valence electrons. The third kappa shape index (κ3) is 3.42. The van der Waals surface area contributed by atoms with Crippen LogP contribution >= 0.6 is 0 Å². The Hall–Kier alpha value is -2.21. The van der Waals surface area contributed by atoms with E-state index in [2.05, 4.69) is 53.2 Å². The molecule has 2 N–H and O–H groups in total. The van der Waals surface area contributed by atoms with Crippen LogP contribution in [-0.4, -0.2) is 39.3 Å². The van der Waals surface area contributed by atoms with E-state index >= 15 is 0 Å². The van der Waals surface area contributed by atoms with E-state index in [1.807, 2.05) is 11.8 Å². The van der Waals surface area contributed by atoms with Crippen LogP contribution in [0.25, 0.3) is 0 Å². The molecule has 1 unspecified atom stereocenters. The largest absolute Gasteiger partial charge is 0.391 e. The van der Waals surface area contributed by atoms with Gasteiger partial charge in [0.2, 0.25) is 11.9 Å². The van der Waals surface area contributed by atoms with Crippen molar-refractivity contribution in [3.05, 3.63) is 34.6 Å². The number of hydrogen-bond donors (Lipinski definition) is 2. The molecule has 6 nitrogen and oxygen atoms in total. The van der Waals surface area contributed by atoms with Crippen LogP contribution in [0.5, 0.6) is 0 Å². The molecular formula is C17H23N5O. The third-order valence-corrected chi connectivity index (χ3v) is 4.10. The van der Waals surface area contributed by atoms with Crippen LogP contribution in [0.1, 0.15) is 28.9 Å². The summed E-state index contributed by atoms with van der Waals surface area (Å²) >= 11 is 0. The maximum Gasteiger partial charge on any atom is 0.232 e. The molecular weight excluding hydrogens is 290 g/mol. The quantitative estimate of drug-likeness (QED) is 0.906. The van der Waals surface area contributed by atoms with E-state index in [0.717, 1.165) is 18.7 Å². The van der Waals surface area contributed by atoms with Crippen molar-refractivity contribution in [3.63, 3.8) is 0 Å². The molecule has 6 heteroatoms. The molecule has 3 rings (SSSR count). The Morgan fingerprint density at radius 1 is 1.09 bits per heavy atom. The fourth-order valence-corrected chi connectivity index (χ4v) is 3.08. The van der Waals surface area contributed by atoms with Gasteiger partial charge >= 0.3 is 0 Å². The lowest BCUT2D eigenvalue weighted by molar-refractivity contribution is 0.198. The van der Waals surface area contributed by atoms with Gasteiger partial charge in [0.1, 0.15) is 5.82 Å². The highest BCUT2D eigenvalue weighted by atomic mass is 16.3. The minimum absolute atomic E-state index is 0.301. The monoisotopic (exact) mass is 313 g/mol. The first kappa shape index (κ1) is 15.7. The standard InChI is InChI=1S/C17H23N5O/c1-10-7-11(2)15(12(3)8-10)20-16-18-13(4)19-17(21-16)22-6-5-14(23)9-22/h7-8,14,23H,5-6,9H2,1-4H3,(H,18,19,20,21). The fraction of sp³-hybridized carbons (Fsp3) is 0.471. The van der Waals surface area contributed by atoms with Gasteiger partial charge in [0.25, 0.3) is 0 Å². The molecule has 1 aliphatic heterocycles. The molecule has 1 saturated heterocycles. The summed E-state index contributed by atoms with van der Waals surface area (Å²) in [7, 11) is 0. The van der Waals surface area contributed by atoms with Gasteiger partial charge < -0.3 is 15.3 Å². The zero-order valence-corrected chi connectivity index (χ0v) is 14.1. The molecule has 0 radical (unpaired) electrons. The molecule has 1 fully saturated rings. The van der Waals surface area contributed by atoms with Crippen molar-refractivity contribution in [2.45, 2.75) is 40.2 Å². The number of rotatable bonds is 3. The fourth-order valence-electron chi connectivity index (χ4n) is 3.08. The van der Waals surface area contributed by atoms with E-state index in [-0.39, 0.29) is 6.10 Å². The molecule has 1 aliphatic rings. The molecule has 0 saturated carbocycles. The van der Waals surface area contributed by atoms with Gasteiger partial charge in [0.15, 0.2) is 0 Å². The molecule has 1 aromatic carbocycles. The zero-order chi connectivity index (χ0) is 16.6. The number of benzene rings is 1. The topological polar surface area (TPSA) is 74.2 Å². The predicted molar refractivity (Wildman–Crippen MR) is 91.3 cm³/mol. The minimum Gasteiger partial charge on any atom is -0.391 e. The summed E-state index contributed by atoms with van der Waals surface area (Å²) in [6, 6.07) is 4.28. The highest BCUT2D eigenvalue weighted by Crippen LogP contribution is 2.25. The minimum atomic E-state index is -0.301. The lowest BCUT2D eigenvalue weighted by Crippen LogP contribution is -2.24. The zero-order valence-electron chi connectivity index (χ0n) is 14.1. The van der Waals surface area contributed by atoms with Gasteiger partial charge in [-0.3, -0.25) is 0 Å². The lowest BCUT2D eigenvalue weighted by Gasteiger charge is -2.17. The Bertz CT molecular complexity index is 708. The molecule has 23 heavy (non-hydrogen) atoms. The number of nitrogens with one attached hydrogen (secondary N) is 1. The molecule has 2 aromatic rings. The average Bonchev–Trinajstić information content (AvgIpc) is 2.89. The summed E-state index contributed by atoms with van der Waals surface area (Å²) in [6.45, 7) is 9.45. The van der Waals surface area contributed by atoms with Crippen LogP contribution < -0.4 is 10.2 Å². The summed E-state index contributed by atoms with van der Waals surface area (Å²) in [4.78, 5) is 15.3. The van der Waals surface area contributed by atoms with E-state index < -0.39 is 0 Å². The molecule has 0 aliphatic carbocycles. The van der Waals surface area contributed by atoms with E-state index in [1.165, 1.54) is 16.7 Å². The second-order valence-corrected chi connectivity index (χ2v) is 6.29. The maximum absolute atomic E-state index is 9.71. The Balaban J connectivity index is 1.90. The van der Waals surface area contributed by atoms with Crippen LogP contribution in [0.3, 0.4) is 0 Å². The van der Waals surface area contributed by atoms with Crippen LogP contribution in [0.2, 0.25) is 0 Å². The second kappa shape index (κ2) is 6.12. The van der Waals surface area contributed by atoms with E-state index in [4.69, 9.17) is 0 Å². The summed E-state index contributed by atoms with van der Waals surface area (Å²) in [6.07, 6.45) is 0.453. The number of aryl methyl sites for hydroxylation is 4. The molecule has 0 amide bonds. The Kier molecular flexibility index (Phi) is 4.17. The van der Waals surface area contributed by atoms with Crippen molar-refractivity contribution in [2.24, 2.45) is 0 Å². The van der Waals surface area contributed by atoms with Crippen molar-refractivity contribution in [2.75, 3.05) is 23.3 Å². The van der Waals surface area contributed by atoms with Gasteiger partial charge in [-0.05, 0) is 45.2 Å². The van der Waals surface area contributed by atoms with Crippen molar-refractivity contribution < 1.29 is 5.11 Å². The highest BCUT2D eigenvalue weighted by Gasteiger charge is 2.23. The number of aliphatic hydroxyl groups excluding tert-OH is 1. The second-order valence-electron chi connectivity index (χ2n) is 6.29. The first-order valence-corrected chi connectivity index (χ1v) is 7.93. The average molecular weight is 313 g/mol. The van der Waals surface area contributed by atoms with Gasteiger partial charge in [-0.15, -0.1) is 0 Å². The number of hydrogen-bond acceptors (Lipinski definition) is 6. The van der Waals surface area contributed by atoms with Crippen LogP contribution in [0.15, 0.2) is 12.1 Å². The van der Waals surface area contributed by atoms with E-state index in [0.29, 0.717) is 24.3 Å². The van der Waals surface area contributed by atoms with Crippen molar-refractivity contribution in [1.82, 2.24) is 15.0 Å². The Morgan fingerprint density at radius 3 is 2.39 bits per heavy atom. The predicted octanol–water partition coefficient (Wildman–Crippen LogP) is 2.42. The Morgan fingerprint density at radius 2 is 1.78 bits per heavy atom. The van der Waals surface area contributed by atoms with Crippen LogP contribution in [0.4, 0.5) is 17.6 Å². The van der Waals surface area contributed by atoms with Gasteiger partial charge in [-0.2, -0.15) is 15.0 Å². The van der Waals surface area contributed by atoms with Crippen molar-refractivity contribution in [3.8, 4) is 0 Å². The molecule has 2 heterocycles. The SMILES string of the molecule is Cc1cc(C)c(Nc2nc(C)nc(N3CCC(O)C3)n2)c(C)c1. The first-order valence-electron chi connectivity index (χ1n) is 7.93. The molecule has 1 aromatic heterocycles. The smallest absolute Gasteiger partial charge is 0.232 e. The van der Waals surface area contributed by atoms with E-state index in [9.17, 15) is 5.11 Å². The summed E-state index contributed by atoms with van der Waals surface area (Å²) in [5.41, 5.74) is 4.61. The van der Waals surface area contributed by atoms with Gasteiger partial charge in [-0.25, -0.2) is 0 Å². The maximum atomic E-state index is 9.71. The summed E-state index contributed by atoms with van der Waals surface area (Å²) in [5, 5.41) is 13.0. The van der Waals surface area contributed by atoms with E-state index in [1.54, 1.807) is 0 Å². The van der Waals surface area contributed by atoms with Gasteiger partial charge in [0.05, 0.1) is 6.10 Å². The summed E-state index contributed by atoms with van der Waals surface area (Å²) in [5.74, 6) is 1.84. The summed E-state index contributed by atoms with van der Waals surface area (Å²) < 4.78 is 0. The lowest BCUT2D eigenvalue weighted by atomic mass is 10.1. The highest BCUT2D eigenvalue weighted by molar-refractivity contribution is 5.64. The number of aliphatic hydroxyl groups is 1. The van der Waals surface area contributed by atoms with Crippen LogP contribution in [0, 0.1) is 27.7 Å². The van der Waals surface area contributed by atoms with Crippen molar-refractivity contribution >= 4 is 17.6 Å². The molecule has 0 spiro atoms. The first-order chi connectivity index (χ1) is 10.9. The van der Waals surface area contributed by atoms with Crippen molar-refractivity contribution in [1.29, 1.82) is 0 Å².